The van der Waals surface area contributed by atoms with Crippen LogP contribution in [-0.2, 0) is 0 Å². The molecule has 33 heavy (non-hydrogen) atoms. The van der Waals surface area contributed by atoms with Gasteiger partial charge in [0.25, 0.3) is 0 Å². The Kier molecular flexibility index (Phi) is 9.51. The van der Waals surface area contributed by atoms with E-state index >= 15 is 0 Å². The Morgan fingerprint density at radius 2 is 0.939 bits per heavy atom. The summed E-state index contributed by atoms with van der Waals surface area (Å²) in [6.45, 7) is 0. The van der Waals surface area contributed by atoms with Crippen molar-refractivity contribution in [1.29, 1.82) is 0 Å². The van der Waals surface area contributed by atoms with Crippen LogP contribution in [-0.4, -0.2) is 15.0 Å². The van der Waals surface area contributed by atoms with E-state index in [2.05, 4.69) is 76.3 Å². The quantitative estimate of drug-likeness (QED) is 0.251. The minimum absolute atomic E-state index is 0.858. The predicted octanol–water partition coefficient (Wildman–Crippen LogP) is 6.04. The van der Waals surface area contributed by atoms with Crippen LogP contribution in [0.25, 0.3) is 22.6 Å². The fourth-order valence-corrected chi connectivity index (χ4v) is 3.94. The number of hydrogen-bond acceptors (Lipinski definition) is 3. The summed E-state index contributed by atoms with van der Waals surface area (Å²) in [6.07, 6.45) is 13.3. The lowest BCUT2D eigenvalue weighted by molar-refractivity contribution is 1.23. The summed E-state index contributed by atoms with van der Waals surface area (Å²) in [7, 11) is 1.28. The molecule has 0 saturated heterocycles. The molecular weight excluding hydrogens is 421 g/mol. The van der Waals surface area contributed by atoms with Crippen LogP contribution in [0.2, 0.25) is 0 Å². The fourth-order valence-electron chi connectivity index (χ4n) is 3.00. The SMILES string of the molecule is C#C.c1ccc(-c2cccnc2-c2ccccn2)nc1.c1ccc([P]c2ccccc2)cc1. The molecule has 0 N–H and O–H groups in total. The topological polar surface area (TPSA) is 38.7 Å². The second-order valence-corrected chi connectivity index (χ2v) is 7.87. The minimum atomic E-state index is 0.858. The number of rotatable bonds is 4. The van der Waals surface area contributed by atoms with E-state index < -0.39 is 0 Å². The Bertz CT molecular complexity index is 1130. The molecule has 0 fully saturated rings. The van der Waals surface area contributed by atoms with Gasteiger partial charge in [-0.15, -0.1) is 12.8 Å². The molecule has 3 nitrogen and oxygen atoms in total. The minimum Gasteiger partial charge on any atom is -0.256 e. The van der Waals surface area contributed by atoms with E-state index in [-0.39, 0.29) is 0 Å². The third kappa shape index (κ3) is 7.21. The van der Waals surface area contributed by atoms with Crippen LogP contribution >= 0.6 is 8.58 Å². The van der Waals surface area contributed by atoms with Gasteiger partial charge in [0, 0.05) is 24.2 Å². The molecule has 0 aliphatic heterocycles. The van der Waals surface area contributed by atoms with Crippen molar-refractivity contribution in [2.24, 2.45) is 0 Å². The molecule has 0 unspecified atom stereocenters. The maximum absolute atomic E-state index is 4.42. The monoisotopic (exact) mass is 444 g/mol. The highest BCUT2D eigenvalue weighted by atomic mass is 31.1. The van der Waals surface area contributed by atoms with Gasteiger partial charge in [-0.3, -0.25) is 15.0 Å². The standard InChI is InChI=1S/C15H11N3.C12H10P.C2H2/c1-3-9-16-13(7-1)12-6-5-11-18-15(12)14-8-2-4-10-17-14;1-3-7-11(8-4-1)13-12-9-5-2-6-10-12;1-2/h1-11H;1-10H;1-2H. The molecule has 1 radical (unpaired) electrons. The third-order valence-corrected chi connectivity index (χ3v) is 5.54. The Morgan fingerprint density at radius 3 is 1.45 bits per heavy atom. The van der Waals surface area contributed by atoms with Gasteiger partial charge in [0.2, 0.25) is 0 Å². The van der Waals surface area contributed by atoms with E-state index in [1.807, 2.05) is 60.7 Å². The normalized spacial score (nSPS) is 9.52. The summed E-state index contributed by atoms with van der Waals surface area (Å²) in [5, 5.41) is 2.68. The van der Waals surface area contributed by atoms with Crippen LogP contribution < -0.4 is 10.6 Å². The fraction of sp³-hybridized carbons (Fsp3) is 0. The Morgan fingerprint density at radius 1 is 0.455 bits per heavy atom. The molecule has 2 aromatic carbocycles. The van der Waals surface area contributed by atoms with Gasteiger partial charge in [-0.1, -0.05) is 72.8 Å². The lowest BCUT2D eigenvalue weighted by atomic mass is 10.1. The van der Waals surface area contributed by atoms with Crippen molar-refractivity contribution in [2.75, 3.05) is 0 Å². The lowest BCUT2D eigenvalue weighted by Gasteiger charge is -2.06. The first-order valence-electron chi connectivity index (χ1n) is 10.3. The second-order valence-electron chi connectivity index (χ2n) is 6.61. The molecule has 3 heterocycles. The zero-order valence-electron chi connectivity index (χ0n) is 18.1. The van der Waals surface area contributed by atoms with Crippen LogP contribution in [0.3, 0.4) is 0 Å². The molecule has 0 saturated carbocycles. The Labute approximate surface area is 197 Å². The van der Waals surface area contributed by atoms with Gasteiger partial charge in [0.1, 0.15) is 0 Å². The highest BCUT2D eigenvalue weighted by Gasteiger charge is 2.09. The second kappa shape index (κ2) is 13.3. The molecule has 4 heteroatoms. The van der Waals surface area contributed by atoms with Gasteiger partial charge in [0.15, 0.2) is 0 Å². The summed E-state index contributed by atoms with van der Waals surface area (Å²) in [5.41, 5.74) is 3.62. The van der Waals surface area contributed by atoms with Crippen molar-refractivity contribution in [3.05, 3.63) is 128 Å². The zero-order valence-corrected chi connectivity index (χ0v) is 19.0. The maximum Gasteiger partial charge on any atom is 0.0980 e. The molecule has 159 valence electrons. The van der Waals surface area contributed by atoms with Crippen LogP contribution in [0, 0.1) is 12.8 Å². The summed E-state index contributed by atoms with van der Waals surface area (Å²) in [5.74, 6) is 0. The molecule has 0 amide bonds. The maximum atomic E-state index is 4.42. The van der Waals surface area contributed by atoms with Crippen LogP contribution in [0.1, 0.15) is 0 Å². The van der Waals surface area contributed by atoms with Gasteiger partial charge in [-0.25, -0.2) is 0 Å². The molecule has 0 aliphatic carbocycles. The van der Waals surface area contributed by atoms with E-state index in [1.54, 1.807) is 18.6 Å². The molecular formula is C29H23N3P. The van der Waals surface area contributed by atoms with Gasteiger partial charge in [-0.05, 0) is 55.6 Å². The van der Waals surface area contributed by atoms with Gasteiger partial charge < -0.3 is 0 Å². The van der Waals surface area contributed by atoms with E-state index in [9.17, 15) is 0 Å². The number of benzene rings is 2. The van der Waals surface area contributed by atoms with E-state index in [0.29, 0.717) is 0 Å². The average molecular weight is 444 g/mol. The molecule has 5 rings (SSSR count). The number of terminal acetylenes is 1. The van der Waals surface area contributed by atoms with Crippen molar-refractivity contribution in [3.63, 3.8) is 0 Å². The zero-order chi connectivity index (χ0) is 23.1. The highest BCUT2D eigenvalue weighted by Crippen LogP contribution is 2.26. The van der Waals surface area contributed by atoms with Crippen molar-refractivity contribution >= 4 is 19.2 Å². The van der Waals surface area contributed by atoms with Crippen molar-refractivity contribution in [1.82, 2.24) is 15.0 Å². The number of aromatic nitrogens is 3. The molecule has 3 aromatic heterocycles. The van der Waals surface area contributed by atoms with Crippen LogP contribution in [0.4, 0.5) is 0 Å². The lowest BCUT2D eigenvalue weighted by Crippen LogP contribution is -2.01. The summed E-state index contributed by atoms with van der Waals surface area (Å²) in [4.78, 5) is 13.1. The van der Waals surface area contributed by atoms with Gasteiger partial charge >= 0.3 is 0 Å². The number of nitrogens with zero attached hydrogens (tertiary/aromatic N) is 3. The predicted molar refractivity (Wildman–Crippen MR) is 140 cm³/mol. The molecule has 5 aromatic rings. The molecule has 0 spiro atoms. The number of pyridine rings is 3. The van der Waals surface area contributed by atoms with Crippen molar-refractivity contribution in [2.45, 2.75) is 0 Å². The summed E-state index contributed by atoms with van der Waals surface area (Å²) in [6, 6.07) is 36.6. The van der Waals surface area contributed by atoms with E-state index in [0.717, 1.165) is 22.6 Å². The molecule has 0 bridgehead atoms. The van der Waals surface area contributed by atoms with Crippen LogP contribution in [0.15, 0.2) is 128 Å². The van der Waals surface area contributed by atoms with E-state index in [1.165, 1.54) is 19.2 Å². The number of hydrogen-bond donors (Lipinski definition) is 0. The van der Waals surface area contributed by atoms with E-state index in [4.69, 9.17) is 0 Å². The molecule has 0 aliphatic rings. The first-order valence-corrected chi connectivity index (χ1v) is 11.2. The van der Waals surface area contributed by atoms with Crippen LogP contribution in [0.5, 0.6) is 0 Å². The third-order valence-electron chi connectivity index (χ3n) is 4.43. The molecule has 0 atom stereocenters. The summed E-state index contributed by atoms with van der Waals surface area (Å²) < 4.78 is 0. The summed E-state index contributed by atoms with van der Waals surface area (Å²) >= 11 is 0. The smallest absolute Gasteiger partial charge is 0.0980 e. The first kappa shape index (κ1) is 23.5. The van der Waals surface area contributed by atoms with Gasteiger partial charge in [-0.2, -0.15) is 0 Å². The highest BCUT2D eigenvalue weighted by molar-refractivity contribution is 7.55. The van der Waals surface area contributed by atoms with Crippen molar-refractivity contribution in [3.8, 4) is 35.5 Å². The Balaban J connectivity index is 0.000000181. The Hall–Kier alpha value is -4.12. The first-order chi connectivity index (χ1) is 16.4. The average Bonchev–Trinajstić information content (AvgIpc) is 2.92. The van der Waals surface area contributed by atoms with Crippen molar-refractivity contribution < 1.29 is 0 Å². The largest absolute Gasteiger partial charge is 0.256 e. The van der Waals surface area contributed by atoms with Gasteiger partial charge in [0.05, 0.1) is 17.1 Å².